The van der Waals surface area contributed by atoms with Crippen LogP contribution in [0.15, 0.2) is 23.4 Å². The standard InChI is InChI=1S/C15H23N3O3/c1-10-9-21-11(2)7-18(10)8-12-4-5-13(15(16)17-19)14(6-12)20-3/h4-6,10-11,19H,7-9H2,1-3H3,(H2,16,17). The van der Waals surface area contributed by atoms with Gasteiger partial charge in [0, 0.05) is 19.1 Å². The molecule has 2 atom stereocenters. The molecule has 0 amide bonds. The molecule has 1 aliphatic rings. The Morgan fingerprint density at radius 1 is 1.52 bits per heavy atom. The van der Waals surface area contributed by atoms with E-state index in [-0.39, 0.29) is 11.9 Å². The zero-order valence-electron chi connectivity index (χ0n) is 12.7. The molecule has 1 heterocycles. The van der Waals surface area contributed by atoms with E-state index in [1.165, 1.54) is 0 Å². The minimum atomic E-state index is 0.0479. The molecule has 1 saturated heterocycles. The molecule has 116 valence electrons. The number of hydrogen-bond donors (Lipinski definition) is 2. The summed E-state index contributed by atoms with van der Waals surface area (Å²) in [6, 6.07) is 6.11. The molecule has 0 aliphatic carbocycles. The molecule has 0 saturated carbocycles. The average molecular weight is 293 g/mol. The second-order valence-electron chi connectivity index (χ2n) is 5.44. The van der Waals surface area contributed by atoms with Gasteiger partial charge < -0.3 is 20.4 Å². The molecule has 0 spiro atoms. The van der Waals surface area contributed by atoms with Gasteiger partial charge in [-0.1, -0.05) is 11.2 Å². The Morgan fingerprint density at radius 3 is 2.95 bits per heavy atom. The average Bonchev–Trinajstić information content (AvgIpc) is 2.50. The molecule has 6 heteroatoms. The minimum absolute atomic E-state index is 0.0479. The first-order valence-electron chi connectivity index (χ1n) is 7.05. The summed E-state index contributed by atoms with van der Waals surface area (Å²) in [6.45, 7) is 6.72. The van der Waals surface area contributed by atoms with Gasteiger partial charge in [0.15, 0.2) is 5.84 Å². The summed E-state index contributed by atoms with van der Waals surface area (Å²) in [5.41, 5.74) is 7.36. The molecule has 6 nitrogen and oxygen atoms in total. The smallest absolute Gasteiger partial charge is 0.173 e. The van der Waals surface area contributed by atoms with Crippen molar-refractivity contribution in [1.82, 2.24) is 4.90 Å². The number of methoxy groups -OCH3 is 1. The molecule has 21 heavy (non-hydrogen) atoms. The molecule has 1 fully saturated rings. The van der Waals surface area contributed by atoms with Crippen LogP contribution in [0.25, 0.3) is 0 Å². The van der Waals surface area contributed by atoms with E-state index < -0.39 is 0 Å². The number of benzene rings is 1. The highest BCUT2D eigenvalue weighted by atomic mass is 16.5. The first-order valence-corrected chi connectivity index (χ1v) is 7.05. The molecule has 1 aromatic rings. The summed E-state index contributed by atoms with van der Waals surface area (Å²) in [5, 5.41) is 11.8. The van der Waals surface area contributed by atoms with Gasteiger partial charge in [-0.3, -0.25) is 4.90 Å². The predicted molar refractivity (Wildman–Crippen MR) is 80.8 cm³/mol. The van der Waals surface area contributed by atoms with Crippen molar-refractivity contribution in [3.63, 3.8) is 0 Å². The highest BCUT2D eigenvalue weighted by molar-refractivity contribution is 5.99. The van der Waals surface area contributed by atoms with E-state index in [9.17, 15) is 0 Å². The van der Waals surface area contributed by atoms with Gasteiger partial charge in [0.2, 0.25) is 0 Å². The Labute approximate surface area is 125 Å². The lowest BCUT2D eigenvalue weighted by molar-refractivity contribution is -0.0526. The van der Waals surface area contributed by atoms with Crippen molar-refractivity contribution in [2.24, 2.45) is 10.9 Å². The summed E-state index contributed by atoms with van der Waals surface area (Å²) in [7, 11) is 1.58. The molecule has 1 aromatic carbocycles. The summed E-state index contributed by atoms with van der Waals surface area (Å²) in [6.07, 6.45) is 0.250. The molecule has 0 radical (unpaired) electrons. The van der Waals surface area contributed by atoms with Gasteiger partial charge in [0.1, 0.15) is 5.75 Å². The number of oxime groups is 1. The third-order valence-electron chi connectivity index (χ3n) is 3.77. The number of hydrogen-bond acceptors (Lipinski definition) is 5. The van der Waals surface area contributed by atoms with Gasteiger partial charge in [0.25, 0.3) is 0 Å². The van der Waals surface area contributed by atoms with Crippen LogP contribution in [0.4, 0.5) is 0 Å². The molecular weight excluding hydrogens is 270 g/mol. The predicted octanol–water partition coefficient (Wildman–Crippen LogP) is 1.40. The maximum absolute atomic E-state index is 8.79. The Balaban J connectivity index is 2.17. The van der Waals surface area contributed by atoms with Crippen LogP contribution in [0.3, 0.4) is 0 Å². The molecular formula is C15H23N3O3. The summed E-state index contributed by atoms with van der Waals surface area (Å²) < 4.78 is 11.0. The highest BCUT2D eigenvalue weighted by Gasteiger charge is 2.23. The molecule has 0 bridgehead atoms. The van der Waals surface area contributed by atoms with E-state index in [1.807, 2.05) is 18.2 Å². The number of amidine groups is 1. The Hall–Kier alpha value is -1.79. The van der Waals surface area contributed by atoms with Crippen molar-refractivity contribution in [2.45, 2.75) is 32.5 Å². The van der Waals surface area contributed by atoms with Crippen molar-refractivity contribution in [3.05, 3.63) is 29.3 Å². The first-order chi connectivity index (χ1) is 10.0. The largest absolute Gasteiger partial charge is 0.496 e. The van der Waals surface area contributed by atoms with E-state index in [4.69, 9.17) is 20.4 Å². The number of ether oxygens (including phenoxy) is 2. The normalized spacial score (nSPS) is 24.0. The van der Waals surface area contributed by atoms with Crippen molar-refractivity contribution < 1.29 is 14.7 Å². The maximum Gasteiger partial charge on any atom is 0.173 e. The number of morpholine rings is 1. The van der Waals surface area contributed by atoms with Crippen LogP contribution in [0.2, 0.25) is 0 Å². The molecule has 0 aromatic heterocycles. The lowest BCUT2D eigenvalue weighted by atomic mass is 10.1. The van der Waals surface area contributed by atoms with Crippen molar-refractivity contribution in [1.29, 1.82) is 0 Å². The summed E-state index contributed by atoms with van der Waals surface area (Å²) in [4.78, 5) is 2.38. The lowest BCUT2D eigenvalue weighted by Crippen LogP contribution is -2.46. The van der Waals surface area contributed by atoms with E-state index in [0.717, 1.165) is 25.3 Å². The fourth-order valence-corrected chi connectivity index (χ4v) is 2.53. The van der Waals surface area contributed by atoms with Crippen LogP contribution in [0.5, 0.6) is 5.75 Å². The molecule has 3 N–H and O–H groups in total. The minimum Gasteiger partial charge on any atom is -0.496 e. The fraction of sp³-hybridized carbons (Fsp3) is 0.533. The number of nitrogens with zero attached hydrogens (tertiary/aromatic N) is 2. The van der Waals surface area contributed by atoms with E-state index >= 15 is 0 Å². The fourth-order valence-electron chi connectivity index (χ4n) is 2.53. The van der Waals surface area contributed by atoms with Crippen LogP contribution in [0, 0.1) is 0 Å². The Bertz CT molecular complexity index is 519. The zero-order valence-corrected chi connectivity index (χ0v) is 12.7. The van der Waals surface area contributed by atoms with Gasteiger partial charge >= 0.3 is 0 Å². The van der Waals surface area contributed by atoms with Crippen LogP contribution < -0.4 is 10.5 Å². The van der Waals surface area contributed by atoms with Crippen LogP contribution in [-0.4, -0.2) is 48.4 Å². The van der Waals surface area contributed by atoms with E-state index in [0.29, 0.717) is 17.4 Å². The van der Waals surface area contributed by atoms with Crippen molar-refractivity contribution in [3.8, 4) is 5.75 Å². The van der Waals surface area contributed by atoms with Crippen molar-refractivity contribution >= 4 is 5.84 Å². The molecule has 2 rings (SSSR count). The topological polar surface area (TPSA) is 80.3 Å². The van der Waals surface area contributed by atoms with Crippen LogP contribution in [-0.2, 0) is 11.3 Å². The monoisotopic (exact) mass is 293 g/mol. The second-order valence-corrected chi connectivity index (χ2v) is 5.44. The third kappa shape index (κ3) is 3.65. The Morgan fingerprint density at radius 2 is 2.29 bits per heavy atom. The molecule has 1 aliphatic heterocycles. The summed E-state index contributed by atoms with van der Waals surface area (Å²) >= 11 is 0. The van der Waals surface area contributed by atoms with E-state index in [1.54, 1.807) is 7.11 Å². The number of rotatable bonds is 4. The second kappa shape index (κ2) is 6.78. The SMILES string of the molecule is COc1cc(CN2CC(C)OCC2C)ccc1/C(N)=N/O. The zero-order chi connectivity index (χ0) is 15.4. The maximum atomic E-state index is 8.79. The summed E-state index contributed by atoms with van der Waals surface area (Å²) in [5.74, 6) is 0.656. The molecule has 2 unspecified atom stereocenters. The third-order valence-corrected chi connectivity index (χ3v) is 3.77. The van der Waals surface area contributed by atoms with Crippen LogP contribution in [0.1, 0.15) is 25.0 Å². The van der Waals surface area contributed by atoms with E-state index in [2.05, 4.69) is 23.9 Å². The van der Waals surface area contributed by atoms with Gasteiger partial charge in [0.05, 0.1) is 25.4 Å². The van der Waals surface area contributed by atoms with Crippen molar-refractivity contribution in [2.75, 3.05) is 20.3 Å². The first kappa shape index (κ1) is 15.6. The van der Waals surface area contributed by atoms with Gasteiger partial charge in [-0.2, -0.15) is 0 Å². The van der Waals surface area contributed by atoms with Gasteiger partial charge in [-0.05, 0) is 31.5 Å². The van der Waals surface area contributed by atoms with Gasteiger partial charge in [-0.15, -0.1) is 0 Å². The lowest BCUT2D eigenvalue weighted by Gasteiger charge is -2.36. The van der Waals surface area contributed by atoms with Crippen LogP contribution >= 0.6 is 0 Å². The highest BCUT2D eigenvalue weighted by Crippen LogP contribution is 2.22. The quantitative estimate of drug-likeness (QED) is 0.379. The Kier molecular flexibility index (Phi) is 5.03. The number of nitrogens with two attached hydrogens (primary N) is 1. The van der Waals surface area contributed by atoms with Gasteiger partial charge in [-0.25, -0.2) is 0 Å².